The number of amides is 1. The van der Waals surface area contributed by atoms with E-state index in [1.807, 2.05) is 0 Å². The molecule has 0 saturated heterocycles. The summed E-state index contributed by atoms with van der Waals surface area (Å²) >= 11 is 0. The Balaban J connectivity index is 2.25. The molecule has 1 aliphatic heterocycles. The molecule has 1 aliphatic rings. The fraction of sp³-hybridized carbons (Fsp3) is 0.263. The third kappa shape index (κ3) is 6.36. The Morgan fingerprint density at radius 3 is 2.17 bits per heavy atom. The predicted molar refractivity (Wildman–Crippen MR) is 119 cm³/mol. The Morgan fingerprint density at radius 1 is 1.20 bits per heavy atom. The summed E-state index contributed by atoms with van der Waals surface area (Å²) in [6.07, 6.45) is 0.501. The number of rotatable bonds is 6. The molecule has 1 aromatic rings. The van der Waals surface area contributed by atoms with Crippen LogP contribution in [0.15, 0.2) is 69.7 Å². The highest BCUT2D eigenvalue weighted by Crippen LogP contribution is 3.02. The van der Waals surface area contributed by atoms with Crippen molar-refractivity contribution in [2.75, 3.05) is 12.8 Å². The van der Waals surface area contributed by atoms with Crippen LogP contribution < -0.4 is 11.1 Å². The number of allylic oxidation sites excluding steroid dienone is 3. The van der Waals surface area contributed by atoms with Crippen LogP contribution in [0.3, 0.4) is 0 Å². The number of carbonyl (C=O) groups is 1. The summed E-state index contributed by atoms with van der Waals surface area (Å²) in [4.78, 5) is 13.8. The lowest BCUT2D eigenvalue weighted by Crippen LogP contribution is -2.52. The first-order valence-electron chi connectivity index (χ1n) is 9.37. The van der Waals surface area contributed by atoms with Crippen molar-refractivity contribution in [1.82, 2.24) is 9.62 Å². The number of halogens is 7. The highest BCUT2D eigenvalue weighted by atomic mass is 32.5. The van der Waals surface area contributed by atoms with E-state index < -0.39 is 71.1 Å². The van der Waals surface area contributed by atoms with Crippen LogP contribution in [0, 0.1) is 0 Å². The lowest BCUT2D eigenvalue weighted by atomic mass is 9.94. The maximum atomic E-state index is 14.7. The lowest BCUT2D eigenvalue weighted by molar-refractivity contribution is 0.0965. The summed E-state index contributed by atoms with van der Waals surface area (Å²) in [7, 11) is -12.8. The van der Waals surface area contributed by atoms with Crippen molar-refractivity contribution in [1.29, 1.82) is 0 Å². The van der Waals surface area contributed by atoms with Crippen LogP contribution in [-0.2, 0) is 10.0 Å². The van der Waals surface area contributed by atoms with Gasteiger partial charge in [0.15, 0.2) is 11.7 Å². The number of carbonyl (C=O) groups excluding carboxylic acids is 1. The molecule has 0 saturated carbocycles. The third-order valence-corrected chi connectivity index (χ3v) is 8.02. The van der Waals surface area contributed by atoms with Gasteiger partial charge in [-0.2, -0.15) is 0 Å². The Kier molecular flexibility index (Phi) is 6.46. The van der Waals surface area contributed by atoms with Gasteiger partial charge >= 0.3 is 10.2 Å². The van der Waals surface area contributed by atoms with Gasteiger partial charge in [-0.3, -0.25) is 4.79 Å². The summed E-state index contributed by atoms with van der Waals surface area (Å²) in [5, 5.41) is 2.06. The van der Waals surface area contributed by atoms with Crippen LogP contribution in [0.1, 0.15) is 24.2 Å². The van der Waals surface area contributed by atoms with Crippen LogP contribution in [0.4, 0.5) is 28.2 Å². The average molecular weight is 551 g/mol. The fourth-order valence-corrected chi connectivity index (χ4v) is 5.01. The summed E-state index contributed by atoms with van der Waals surface area (Å²) in [5.74, 6) is -5.48. The van der Waals surface area contributed by atoms with Gasteiger partial charge in [-0.05, 0) is 44.2 Å². The predicted octanol–water partition coefficient (Wildman–Crippen LogP) is 5.03. The molecule has 2 rings (SSSR count). The minimum absolute atomic E-state index is 0.0300. The molecule has 3 N–H and O–H groups in total. The van der Waals surface area contributed by atoms with E-state index in [-0.39, 0.29) is 17.8 Å². The van der Waals surface area contributed by atoms with E-state index in [1.54, 1.807) is 0 Å². The van der Waals surface area contributed by atoms with E-state index >= 15 is 0 Å². The Bertz CT molecular complexity index is 1290. The minimum Gasteiger partial charge on any atom is -0.369 e. The molecule has 1 amide bonds. The van der Waals surface area contributed by atoms with Crippen LogP contribution in [0.5, 0.6) is 0 Å². The Labute approximate surface area is 196 Å². The molecule has 1 atom stereocenters. The molecule has 0 radical (unpaired) electrons. The second-order valence-corrected chi connectivity index (χ2v) is 12.3. The van der Waals surface area contributed by atoms with Crippen molar-refractivity contribution < 1.29 is 41.4 Å². The van der Waals surface area contributed by atoms with E-state index in [1.165, 1.54) is 6.92 Å². The van der Waals surface area contributed by atoms with Crippen molar-refractivity contribution >= 4 is 32.1 Å². The SMILES string of the molecule is C=C(/C(F)=C(F)\C=C(/C)NC(=O)c1ccc(S(F)(F)(F)(F)F)cc1)[C@]1(C)CS(=O)(=O)N(C)C(N)=N1. The molecule has 7 nitrogen and oxygen atoms in total. The van der Waals surface area contributed by atoms with Gasteiger partial charge in [-0.15, -0.1) is 0 Å². The highest BCUT2D eigenvalue weighted by molar-refractivity contribution is 8.45. The fourth-order valence-electron chi connectivity index (χ4n) is 2.89. The number of nitrogens with two attached hydrogens (primary N) is 1. The van der Waals surface area contributed by atoms with Gasteiger partial charge in [0.25, 0.3) is 5.91 Å². The molecular weight excluding hydrogens is 529 g/mol. The molecule has 0 aliphatic carbocycles. The highest BCUT2D eigenvalue weighted by Gasteiger charge is 2.65. The first-order valence-corrected chi connectivity index (χ1v) is 12.9. The third-order valence-electron chi connectivity index (χ3n) is 4.91. The van der Waals surface area contributed by atoms with Crippen molar-refractivity contribution in [2.24, 2.45) is 10.7 Å². The second-order valence-electron chi connectivity index (χ2n) is 7.88. The number of hydrogen-bond donors (Lipinski definition) is 2. The van der Waals surface area contributed by atoms with Crippen LogP contribution in [0.2, 0.25) is 0 Å². The van der Waals surface area contributed by atoms with Gasteiger partial charge < -0.3 is 11.1 Å². The smallest absolute Gasteiger partial charge is 0.310 e. The molecule has 16 heteroatoms. The second kappa shape index (κ2) is 8.01. The molecular formula is C19H21F7N4O3S2. The number of benzene rings is 1. The van der Waals surface area contributed by atoms with Gasteiger partial charge in [0, 0.05) is 23.9 Å². The van der Waals surface area contributed by atoms with Crippen molar-refractivity contribution in [3.8, 4) is 0 Å². The molecule has 196 valence electrons. The van der Waals surface area contributed by atoms with E-state index in [2.05, 4.69) is 16.9 Å². The van der Waals surface area contributed by atoms with Gasteiger partial charge in [0.2, 0.25) is 16.0 Å². The van der Waals surface area contributed by atoms with Crippen LogP contribution >= 0.6 is 10.2 Å². The van der Waals surface area contributed by atoms with Gasteiger partial charge in [0.05, 0.1) is 5.75 Å². The van der Waals surface area contributed by atoms with Crippen molar-refractivity contribution in [3.05, 3.63) is 65.4 Å². The maximum absolute atomic E-state index is 14.7. The Hall–Kier alpha value is -3.01. The number of nitrogens with zero attached hydrogens (tertiary/aromatic N) is 2. The van der Waals surface area contributed by atoms with Gasteiger partial charge in [-0.1, -0.05) is 26.0 Å². The number of hydrogen-bond acceptors (Lipinski definition) is 5. The first kappa shape index (κ1) is 28.2. The van der Waals surface area contributed by atoms with Crippen LogP contribution in [-0.4, -0.2) is 42.9 Å². The summed E-state index contributed by atoms with van der Waals surface area (Å²) < 4.78 is 118. The zero-order valence-corrected chi connectivity index (χ0v) is 20.1. The summed E-state index contributed by atoms with van der Waals surface area (Å²) in [6, 6.07) is 1.05. The molecule has 1 heterocycles. The van der Waals surface area contributed by atoms with E-state index in [0.29, 0.717) is 22.5 Å². The van der Waals surface area contributed by atoms with E-state index in [4.69, 9.17) is 5.73 Å². The van der Waals surface area contributed by atoms with Gasteiger partial charge in [-0.25, -0.2) is 26.5 Å². The number of sulfonamides is 1. The first-order chi connectivity index (χ1) is 15.5. The normalized spacial score (nSPS) is 23.4. The summed E-state index contributed by atoms with van der Waals surface area (Å²) in [6.45, 7) is 5.65. The molecule has 0 aromatic heterocycles. The summed E-state index contributed by atoms with van der Waals surface area (Å²) in [5.41, 5.74) is 2.26. The average Bonchev–Trinajstić information content (AvgIpc) is 2.68. The number of guanidine groups is 1. The number of nitrogens with one attached hydrogen (secondary N) is 1. The van der Waals surface area contributed by atoms with Crippen molar-refractivity contribution in [3.63, 3.8) is 0 Å². The molecule has 0 fully saturated rings. The Morgan fingerprint density at radius 2 is 1.71 bits per heavy atom. The molecule has 0 spiro atoms. The van der Waals surface area contributed by atoms with E-state index in [9.17, 15) is 41.4 Å². The molecule has 1 aromatic carbocycles. The van der Waals surface area contributed by atoms with E-state index in [0.717, 1.165) is 14.0 Å². The molecule has 0 bridgehead atoms. The zero-order valence-electron chi connectivity index (χ0n) is 18.5. The lowest BCUT2D eigenvalue weighted by Gasteiger charge is -2.40. The topological polar surface area (TPSA) is 105 Å². The number of aliphatic imine (C=N–C) groups is 1. The standard InChI is InChI=1S/C19H21F7N4O3S2/c1-11(28-17(31)13-5-7-14(8-6-13)35(22,23,24,25)26)9-15(20)16(21)12(2)19(3)10-34(32,33)30(4)18(27)29-19/h5-9H,2,10H2,1,3-4H3,(H2,27,29)(H,28,31)/b11-9+,16-15-/t19-/m0/s1. The van der Waals surface area contributed by atoms with Gasteiger partial charge in [0.1, 0.15) is 10.4 Å². The molecule has 35 heavy (non-hydrogen) atoms. The van der Waals surface area contributed by atoms with Crippen LogP contribution in [0.25, 0.3) is 0 Å². The molecule has 0 unspecified atom stereocenters. The minimum atomic E-state index is -9.92. The monoisotopic (exact) mass is 550 g/mol. The quantitative estimate of drug-likeness (QED) is 0.383. The largest absolute Gasteiger partial charge is 0.369 e. The maximum Gasteiger partial charge on any atom is 0.310 e. The zero-order chi connectivity index (χ0) is 27.3. The van der Waals surface area contributed by atoms with Crippen molar-refractivity contribution in [2.45, 2.75) is 24.3 Å².